The first kappa shape index (κ1) is 44.6. The first-order valence-electron chi connectivity index (χ1n) is 21.5. The molecule has 0 aromatic heterocycles. The van der Waals surface area contributed by atoms with Gasteiger partial charge in [0.1, 0.15) is 12.0 Å². The molecule has 0 radical (unpaired) electrons. The van der Waals surface area contributed by atoms with Crippen LogP contribution in [0.5, 0.6) is 0 Å². The number of alkyl carbamates (subject to hydrolysis) is 1. The number of piperidine rings is 1. The minimum absolute atomic E-state index is 0.0193. The maximum absolute atomic E-state index is 16.4. The van der Waals surface area contributed by atoms with Crippen molar-refractivity contribution in [3.63, 3.8) is 0 Å². The van der Waals surface area contributed by atoms with E-state index >= 15 is 8.78 Å². The smallest absolute Gasteiger partial charge is 0.407 e. The van der Waals surface area contributed by atoms with Crippen LogP contribution in [-0.4, -0.2) is 120 Å². The van der Waals surface area contributed by atoms with Gasteiger partial charge in [-0.25, -0.2) is 26.8 Å². The summed E-state index contributed by atoms with van der Waals surface area (Å²) in [7, 11) is -2.54. The summed E-state index contributed by atoms with van der Waals surface area (Å²) in [6, 6.07) is 19.4. The number of aliphatic hydroxyl groups is 1. The lowest BCUT2D eigenvalue weighted by atomic mass is 9.57. The van der Waals surface area contributed by atoms with Gasteiger partial charge in [0, 0.05) is 42.9 Å². The number of carbonyl (C=O) groups is 2. The van der Waals surface area contributed by atoms with Gasteiger partial charge in [-0.05, 0) is 137 Å². The molecule has 3 aliphatic heterocycles. The summed E-state index contributed by atoms with van der Waals surface area (Å²) in [6.45, 7) is 6.98. The summed E-state index contributed by atoms with van der Waals surface area (Å²) >= 11 is 0. The fourth-order valence-corrected chi connectivity index (χ4v) is 11.4. The molecule has 1 aliphatic carbocycles. The number of sulfone groups is 1. The second kappa shape index (κ2) is 19.3. The normalized spacial score (nSPS) is 22.5. The molecule has 15 heteroatoms. The molecule has 12 nitrogen and oxygen atoms in total. The van der Waals surface area contributed by atoms with Crippen LogP contribution < -0.4 is 15.5 Å². The van der Waals surface area contributed by atoms with Crippen molar-refractivity contribution in [2.24, 2.45) is 11.8 Å². The Kier molecular flexibility index (Phi) is 14.1. The average molecular weight is 864 g/mol. The van der Waals surface area contributed by atoms with Gasteiger partial charge in [0.05, 0.1) is 36.6 Å². The number of likely N-dealkylation sites (tertiary alicyclic amines) is 2. The Morgan fingerprint density at radius 1 is 0.951 bits per heavy atom. The quantitative estimate of drug-likeness (QED) is 0.0867. The lowest BCUT2D eigenvalue weighted by Gasteiger charge is -2.54. The van der Waals surface area contributed by atoms with E-state index in [1.807, 2.05) is 4.90 Å². The number of nitrogens with one attached hydrogen (secondary N) is 2. The van der Waals surface area contributed by atoms with Gasteiger partial charge >= 0.3 is 12.1 Å². The largest absolute Gasteiger partial charge is 0.463 e. The number of hydrogen-bond donors (Lipinski definition) is 3. The Labute approximate surface area is 358 Å². The molecule has 0 bridgehead atoms. The number of ether oxygens (including phenoxy) is 2. The van der Waals surface area contributed by atoms with E-state index in [0.717, 1.165) is 69.4 Å². The van der Waals surface area contributed by atoms with Crippen molar-refractivity contribution in [3.8, 4) is 0 Å². The summed E-state index contributed by atoms with van der Waals surface area (Å²) in [5.41, 5.74) is 0.228. The molecule has 3 saturated heterocycles. The van der Waals surface area contributed by atoms with Gasteiger partial charge in [-0.1, -0.05) is 36.8 Å². The molecule has 1 amide bonds. The van der Waals surface area contributed by atoms with Crippen molar-refractivity contribution >= 4 is 27.6 Å². The first-order chi connectivity index (χ1) is 29.3. The number of nitrogens with zero attached hydrogens (tertiary/aromatic N) is 3. The number of benzene rings is 3. The van der Waals surface area contributed by atoms with E-state index in [4.69, 9.17) is 9.47 Å². The average Bonchev–Trinajstić information content (AvgIpc) is 3.70. The summed E-state index contributed by atoms with van der Waals surface area (Å²) in [4.78, 5) is 30.7. The van der Waals surface area contributed by atoms with Crippen molar-refractivity contribution < 1.29 is 41.4 Å². The highest BCUT2D eigenvalue weighted by molar-refractivity contribution is 7.91. The Morgan fingerprint density at radius 3 is 2.36 bits per heavy atom. The van der Waals surface area contributed by atoms with Crippen LogP contribution in [-0.2, 0) is 29.5 Å². The predicted octanol–water partition coefficient (Wildman–Crippen LogP) is 5.77. The fourth-order valence-electron chi connectivity index (χ4n) is 10.1. The van der Waals surface area contributed by atoms with Gasteiger partial charge in [-0.15, -0.1) is 0 Å². The zero-order valence-electron chi connectivity index (χ0n) is 35.1. The molecule has 3 N–H and O–H groups in total. The van der Waals surface area contributed by atoms with E-state index in [0.29, 0.717) is 18.7 Å². The van der Waals surface area contributed by atoms with Crippen molar-refractivity contribution in [2.45, 2.75) is 78.6 Å². The molecule has 4 fully saturated rings. The minimum atomic E-state index is -3.93. The van der Waals surface area contributed by atoms with Crippen LogP contribution in [0.4, 0.5) is 19.3 Å². The molecule has 61 heavy (non-hydrogen) atoms. The summed E-state index contributed by atoms with van der Waals surface area (Å²) in [6.07, 6.45) is 6.66. The number of amides is 1. The number of rotatable bonds is 17. The highest BCUT2D eigenvalue weighted by Crippen LogP contribution is 2.52. The fraction of sp³-hybridized carbons (Fsp3) is 0.522. The third kappa shape index (κ3) is 10.1. The molecule has 0 spiro atoms. The number of carbonyl (C=O) groups excluding carboxylic acids is 2. The van der Waals surface area contributed by atoms with Crippen molar-refractivity contribution in [2.75, 3.05) is 77.5 Å². The monoisotopic (exact) mass is 863 g/mol. The Hall–Kier alpha value is -4.41. The predicted molar refractivity (Wildman–Crippen MR) is 228 cm³/mol. The number of alkyl halides is 1. The molecule has 3 heterocycles. The molecule has 330 valence electrons. The number of anilines is 1. The molecule has 1 saturated carbocycles. The van der Waals surface area contributed by atoms with Crippen LogP contribution in [0.3, 0.4) is 0 Å². The van der Waals surface area contributed by atoms with Gasteiger partial charge in [-0.2, -0.15) is 0 Å². The van der Waals surface area contributed by atoms with Gasteiger partial charge in [0.15, 0.2) is 5.67 Å². The standard InChI is InChI=1S/C46H59F2N5O7S/c1-3-60-42(54)15-7-22-49-43(55)33-9-4-12-39(27-33)61(57,58)38-18-16-37(17-19-38)53-30-45(48,31-53)29-52-25-20-34(21-26-52)46(32-51-23-8-24-51,35-10-5-11-36(47)28-35)40-13-6-14-41(40)50-44(56)59-2/h4-5,7,9-12,15-19,27-28,34,40-41,43,49,55H,3,6,8,13-14,20-26,29-32H2,1-2H3,(H,50,56)/b15-7+/t40-,41-,43?,46-/m0/s1. The topological polar surface area (TPSA) is 141 Å². The van der Waals surface area contributed by atoms with Gasteiger partial charge in [0.25, 0.3) is 0 Å². The van der Waals surface area contributed by atoms with Crippen molar-refractivity contribution in [1.82, 2.24) is 20.4 Å². The second-order valence-corrected chi connectivity index (χ2v) is 19.0. The highest BCUT2D eigenvalue weighted by atomic mass is 32.2. The van der Waals surface area contributed by atoms with Crippen molar-refractivity contribution in [1.29, 1.82) is 0 Å². The van der Waals surface area contributed by atoms with Crippen LogP contribution in [0, 0.1) is 17.7 Å². The van der Waals surface area contributed by atoms with E-state index in [-0.39, 0.29) is 66.3 Å². The van der Waals surface area contributed by atoms with Crippen LogP contribution in [0.2, 0.25) is 0 Å². The molecule has 1 unspecified atom stereocenters. The number of methoxy groups -OCH3 is 1. The van der Waals surface area contributed by atoms with Crippen LogP contribution in [0.15, 0.2) is 94.7 Å². The van der Waals surface area contributed by atoms with Gasteiger partial charge < -0.3 is 29.7 Å². The van der Waals surface area contributed by atoms with E-state index in [9.17, 15) is 23.1 Å². The third-order valence-electron chi connectivity index (χ3n) is 13.2. The van der Waals surface area contributed by atoms with Gasteiger partial charge in [-0.3, -0.25) is 10.2 Å². The number of halogens is 2. The van der Waals surface area contributed by atoms with Crippen molar-refractivity contribution in [3.05, 3.63) is 102 Å². The Balaban J connectivity index is 0.970. The lowest BCUT2D eigenvalue weighted by Crippen LogP contribution is -2.65. The van der Waals surface area contributed by atoms with E-state index in [1.165, 1.54) is 49.6 Å². The lowest BCUT2D eigenvalue weighted by molar-refractivity contribution is -0.137. The number of aliphatic hydroxyl groups excluding tert-OH is 1. The molecule has 4 atom stereocenters. The molecule has 3 aromatic rings. The third-order valence-corrected chi connectivity index (χ3v) is 15.0. The highest BCUT2D eigenvalue weighted by Gasteiger charge is 2.54. The minimum Gasteiger partial charge on any atom is -0.463 e. The van der Waals surface area contributed by atoms with Crippen LogP contribution in [0.25, 0.3) is 0 Å². The summed E-state index contributed by atoms with van der Waals surface area (Å²) in [5.74, 6) is -0.457. The summed E-state index contributed by atoms with van der Waals surface area (Å²) in [5, 5.41) is 16.6. The molecule has 7 rings (SSSR count). The zero-order valence-corrected chi connectivity index (χ0v) is 35.9. The SMILES string of the molecule is CCOC(=O)/C=C/CNC(O)c1cccc(S(=O)(=O)c2ccc(N3CC(F)(CN4CCC([C@@](CN5CCC5)(c5cccc(F)c5)[C@H]5CCC[C@@H]5NC(=O)OC)CC4)C3)cc2)c1. The zero-order chi connectivity index (χ0) is 43.2. The van der Waals surface area contributed by atoms with E-state index < -0.39 is 39.2 Å². The van der Waals surface area contributed by atoms with E-state index in [2.05, 4.69) is 26.5 Å². The maximum Gasteiger partial charge on any atom is 0.407 e. The van der Waals surface area contributed by atoms with Crippen LogP contribution >= 0.6 is 0 Å². The first-order valence-corrected chi connectivity index (χ1v) is 23.0. The number of esters is 1. The molecular formula is C46H59F2N5O7S. The molecule has 4 aliphatic rings. The maximum atomic E-state index is 16.4. The van der Waals surface area contributed by atoms with Gasteiger partial charge in [0.2, 0.25) is 9.84 Å². The number of hydrogen-bond acceptors (Lipinski definition) is 11. The molecular weight excluding hydrogens is 805 g/mol. The van der Waals surface area contributed by atoms with Crippen LogP contribution in [0.1, 0.15) is 62.8 Å². The Morgan fingerprint density at radius 2 is 1.69 bits per heavy atom. The molecule has 3 aromatic carbocycles. The van der Waals surface area contributed by atoms with E-state index in [1.54, 1.807) is 43.3 Å². The Bertz CT molecular complexity index is 2120. The summed E-state index contributed by atoms with van der Waals surface area (Å²) < 4.78 is 68.5. The second-order valence-electron chi connectivity index (χ2n) is 17.1.